The monoisotopic (exact) mass is 346 g/mol. The third-order valence-electron chi connectivity index (χ3n) is 2.12. The van der Waals surface area contributed by atoms with Gasteiger partial charge in [0.1, 0.15) is 0 Å². The van der Waals surface area contributed by atoms with E-state index >= 15 is 0 Å². The Morgan fingerprint density at radius 1 is 0.545 bits per heavy atom. The zero-order chi connectivity index (χ0) is 18.6. The minimum atomic E-state index is -2.62. The van der Waals surface area contributed by atoms with Crippen molar-refractivity contribution in [2.45, 2.75) is 60.8 Å². The van der Waals surface area contributed by atoms with Gasteiger partial charge in [-0.2, -0.15) is 0 Å². The van der Waals surface area contributed by atoms with Crippen LogP contribution in [0.5, 0.6) is 0 Å². The van der Waals surface area contributed by atoms with Crippen LogP contribution in [0.15, 0.2) is 0 Å². The van der Waals surface area contributed by atoms with E-state index in [9.17, 15) is 0 Å². The van der Waals surface area contributed by atoms with Gasteiger partial charge in [0.25, 0.3) is 0 Å². The molecular weight excluding hydrogens is 307 g/mol. The Balaban J connectivity index is -0.0000000994. The standard InChI is InChI=1S/3C5H12O.H3O3P/c3*1-5(2)3-4-6;1-4(2)3/h3*5-6H,3-4H2,1-2H3;1-3H. The van der Waals surface area contributed by atoms with Crippen LogP contribution in [0, 0.1) is 17.8 Å². The number of aliphatic hydroxyl groups is 3. The number of hydrogen-bond acceptors (Lipinski definition) is 6. The van der Waals surface area contributed by atoms with Crippen LogP contribution in [-0.4, -0.2) is 49.8 Å². The largest absolute Gasteiger partial charge is 0.396 e. The minimum Gasteiger partial charge on any atom is -0.396 e. The van der Waals surface area contributed by atoms with E-state index in [0.717, 1.165) is 19.3 Å². The quantitative estimate of drug-likeness (QED) is 0.410. The van der Waals surface area contributed by atoms with Crippen molar-refractivity contribution in [2.24, 2.45) is 17.8 Å². The Hall–Kier alpha value is 0.190. The Labute approximate surface area is 137 Å². The lowest BCUT2D eigenvalue weighted by Crippen LogP contribution is -1.89. The van der Waals surface area contributed by atoms with Crippen LogP contribution in [0.25, 0.3) is 0 Å². The smallest absolute Gasteiger partial charge is 0.324 e. The van der Waals surface area contributed by atoms with Crippen molar-refractivity contribution in [3.8, 4) is 0 Å². The normalized spacial score (nSPS) is 9.82. The van der Waals surface area contributed by atoms with Gasteiger partial charge in [-0.1, -0.05) is 41.5 Å². The molecule has 7 heteroatoms. The summed E-state index contributed by atoms with van der Waals surface area (Å²) in [5.41, 5.74) is 0. The zero-order valence-electron chi connectivity index (χ0n) is 15.1. The third kappa shape index (κ3) is 88.0. The van der Waals surface area contributed by atoms with Crippen LogP contribution in [0.1, 0.15) is 60.8 Å². The van der Waals surface area contributed by atoms with Gasteiger partial charge in [0.2, 0.25) is 0 Å². The molecule has 0 aromatic heterocycles. The molecule has 0 unspecified atom stereocenters. The van der Waals surface area contributed by atoms with E-state index in [-0.39, 0.29) is 0 Å². The summed E-state index contributed by atoms with van der Waals surface area (Å²) in [4.78, 5) is 21.7. The molecular formula is C15H39O6P. The van der Waals surface area contributed by atoms with Crippen molar-refractivity contribution in [1.29, 1.82) is 0 Å². The molecule has 0 heterocycles. The Bertz CT molecular complexity index is 140. The van der Waals surface area contributed by atoms with Gasteiger partial charge in [0.15, 0.2) is 0 Å². The van der Waals surface area contributed by atoms with Gasteiger partial charge in [-0.15, -0.1) is 0 Å². The molecule has 0 spiro atoms. The molecule has 0 radical (unpaired) electrons. The maximum Gasteiger partial charge on any atom is 0.324 e. The van der Waals surface area contributed by atoms with Gasteiger partial charge < -0.3 is 30.0 Å². The average molecular weight is 346 g/mol. The fourth-order valence-electron chi connectivity index (χ4n) is 0.775. The van der Waals surface area contributed by atoms with Crippen LogP contribution in [0.3, 0.4) is 0 Å². The summed E-state index contributed by atoms with van der Waals surface area (Å²) in [6, 6.07) is 0. The second-order valence-corrected chi connectivity index (χ2v) is 6.52. The Morgan fingerprint density at radius 2 is 0.682 bits per heavy atom. The van der Waals surface area contributed by atoms with Crippen LogP contribution in [-0.2, 0) is 0 Å². The van der Waals surface area contributed by atoms with Gasteiger partial charge in [0.05, 0.1) is 0 Å². The topological polar surface area (TPSA) is 121 Å². The first-order valence-electron chi connectivity index (χ1n) is 7.74. The molecule has 0 aliphatic heterocycles. The second kappa shape index (κ2) is 26.1. The van der Waals surface area contributed by atoms with Gasteiger partial charge in [-0.25, -0.2) is 0 Å². The maximum atomic E-state index is 8.24. The number of rotatable bonds is 6. The lowest BCUT2D eigenvalue weighted by Gasteiger charge is -1.95. The summed E-state index contributed by atoms with van der Waals surface area (Å²) in [7, 11) is -2.62. The summed E-state index contributed by atoms with van der Waals surface area (Å²) in [5, 5.41) is 24.7. The second-order valence-electron chi connectivity index (χ2n) is 5.99. The van der Waals surface area contributed by atoms with E-state index in [1.54, 1.807) is 0 Å². The predicted molar refractivity (Wildman–Crippen MR) is 93.2 cm³/mol. The molecule has 6 N–H and O–H groups in total. The molecule has 0 rings (SSSR count). The highest BCUT2D eigenvalue weighted by molar-refractivity contribution is 7.38. The predicted octanol–water partition coefficient (Wildman–Crippen LogP) is 2.26. The van der Waals surface area contributed by atoms with Crippen molar-refractivity contribution in [3.63, 3.8) is 0 Å². The Kier molecular flexibility index (Phi) is 35.7. The summed E-state index contributed by atoms with van der Waals surface area (Å²) >= 11 is 0. The molecule has 0 aliphatic rings. The van der Waals surface area contributed by atoms with E-state index in [0.29, 0.717) is 37.6 Å². The molecule has 22 heavy (non-hydrogen) atoms. The molecule has 0 fully saturated rings. The van der Waals surface area contributed by atoms with Crippen molar-refractivity contribution in [3.05, 3.63) is 0 Å². The van der Waals surface area contributed by atoms with Crippen molar-refractivity contribution in [1.82, 2.24) is 0 Å². The van der Waals surface area contributed by atoms with E-state index in [1.807, 2.05) is 0 Å². The van der Waals surface area contributed by atoms with Crippen LogP contribution in [0.4, 0.5) is 0 Å². The first-order valence-corrected chi connectivity index (χ1v) is 8.94. The highest BCUT2D eigenvalue weighted by atomic mass is 31.2. The van der Waals surface area contributed by atoms with Gasteiger partial charge in [-0.05, 0) is 37.0 Å². The van der Waals surface area contributed by atoms with E-state index in [4.69, 9.17) is 30.0 Å². The number of aliphatic hydroxyl groups excluding tert-OH is 3. The minimum absolute atomic E-state index is 0.331. The summed E-state index contributed by atoms with van der Waals surface area (Å²) < 4.78 is 0. The molecule has 6 nitrogen and oxygen atoms in total. The van der Waals surface area contributed by atoms with Gasteiger partial charge >= 0.3 is 8.60 Å². The van der Waals surface area contributed by atoms with Gasteiger partial charge in [0, 0.05) is 19.8 Å². The van der Waals surface area contributed by atoms with Crippen LogP contribution >= 0.6 is 8.60 Å². The van der Waals surface area contributed by atoms with Crippen LogP contribution in [0.2, 0.25) is 0 Å². The lowest BCUT2D eigenvalue weighted by atomic mass is 10.2. The van der Waals surface area contributed by atoms with Gasteiger partial charge in [-0.3, -0.25) is 0 Å². The molecule has 0 bridgehead atoms. The first kappa shape index (κ1) is 30.1. The van der Waals surface area contributed by atoms with E-state index in [2.05, 4.69) is 41.5 Å². The van der Waals surface area contributed by atoms with E-state index in [1.165, 1.54) is 0 Å². The summed E-state index contributed by atoms with van der Waals surface area (Å²) in [5.74, 6) is 1.94. The van der Waals surface area contributed by atoms with E-state index < -0.39 is 8.60 Å². The van der Waals surface area contributed by atoms with Crippen molar-refractivity contribution < 1.29 is 30.0 Å². The highest BCUT2D eigenvalue weighted by Crippen LogP contribution is 2.11. The SMILES string of the molecule is CC(C)CCO.CC(C)CCO.CC(C)CCO.OP(O)O. The Morgan fingerprint density at radius 3 is 0.682 bits per heavy atom. The molecule has 0 aromatic rings. The molecule has 0 atom stereocenters. The fourth-order valence-corrected chi connectivity index (χ4v) is 0.775. The molecule has 0 amide bonds. The summed E-state index contributed by atoms with van der Waals surface area (Å²) in [6.45, 7) is 13.6. The maximum absolute atomic E-state index is 8.24. The van der Waals surface area contributed by atoms with Crippen molar-refractivity contribution >= 4 is 8.60 Å². The first-order chi connectivity index (χ1) is 10.0. The lowest BCUT2D eigenvalue weighted by molar-refractivity contribution is 0.267. The summed E-state index contributed by atoms with van der Waals surface area (Å²) in [6.07, 6.45) is 2.79. The highest BCUT2D eigenvalue weighted by Gasteiger charge is 1.87. The van der Waals surface area contributed by atoms with Crippen molar-refractivity contribution in [2.75, 3.05) is 19.8 Å². The molecule has 0 saturated carbocycles. The third-order valence-corrected chi connectivity index (χ3v) is 2.12. The fraction of sp³-hybridized carbons (Fsp3) is 1.00. The average Bonchev–Trinajstić information content (AvgIpc) is 2.28. The molecule has 0 aromatic carbocycles. The molecule has 140 valence electrons. The van der Waals surface area contributed by atoms with Crippen LogP contribution < -0.4 is 0 Å². The molecule has 0 saturated heterocycles. The zero-order valence-corrected chi connectivity index (χ0v) is 16.0. The molecule has 0 aliphatic carbocycles. The number of hydrogen-bond donors (Lipinski definition) is 6.